The van der Waals surface area contributed by atoms with E-state index >= 15 is 0 Å². The fraction of sp³-hybridized carbons (Fsp3) is 0.450. The van der Waals surface area contributed by atoms with Crippen LogP contribution in [-0.4, -0.2) is 28.2 Å². The third-order valence-corrected chi connectivity index (χ3v) is 5.56. The van der Waals surface area contributed by atoms with E-state index in [9.17, 15) is 9.59 Å². The molecule has 3 heterocycles. The van der Waals surface area contributed by atoms with Gasteiger partial charge in [-0.3, -0.25) is 14.6 Å². The smallest absolute Gasteiger partial charge is 0.225 e. The zero-order valence-electron chi connectivity index (χ0n) is 15.2. The molecule has 1 aliphatic rings. The fourth-order valence-corrected chi connectivity index (χ4v) is 4.08. The number of likely N-dealkylation sites (tertiary alicyclic amines) is 1. The van der Waals surface area contributed by atoms with Crippen molar-refractivity contribution in [1.29, 1.82) is 0 Å². The lowest BCUT2D eigenvalue weighted by molar-refractivity contribution is -0.129. The van der Waals surface area contributed by atoms with Crippen molar-refractivity contribution in [2.45, 2.75) is 39.3 Å². The zero-order valence-corrected chi connectivity index (χ0v) is 16.0. The number of carbonyl (C=O) groups is 2. The summed E-state index contributed by atoms with van der Waals surface area (Å²) < 4.78 is 0. The molecule has 1 aliphatic heterocycles. The lowest BCUT2D eigenvalue weighted by Crippen LogP contribution is -2.35. The fourth-order valence-electron chi connectivity index (χ4n) is 3.28. The van der Waals surface area contributed by atoms with E-state index in [0.29, 0.717) is 19.0 Å². The molecule has 1 saturated heterocycles. The largest absolute Gasteiger partial charge is 0.348 e. The second kappa shape index (κ2) is 8.45. The molecule has 1 N–H and O–H groups in total. The predicted octanol–water partition coefficient (Wildman–Crippen LogP) is 3.40. The molecule has 0 saturated carbocycles. The Morgan fingerprint density at radius 2 is 2.19 bits per heavy atom. The van der Waals surface area contributed by atoms with Crippen molar-refractivity contribution < 1.29 is 9.59 Å². The van der Waals surface area contributed by atoms with Gasteiger partial charge in [-0.1, -0.05) is 26.0 Å². The van der Waals surface area contributed by atoms with Crippen molar-refractivity contribution in [3.8, 4) is 0 Å². The van der Waals surface area contributed by atoms with E-state index in [1.807, 2.05) is 29.6 Å². The quantitative estimate of drug-likeness (QED) is 0.811. The van der Waals surface area contributed by atoms with E-state index in [1.54, 1.807) is 22.4 Å². The van der Waals surface area contributed by atoms with E-state index in [2.05, 4.69) is 30.2 Å². The number of amides is 2. The monoisotopic (exact) mass is 371 g/mol. The molecule has 138 valence electrons. The maximum atomic E-state index is 12.8. The van der Waals surface area contributed by atoms with E-state index in [1.165, 1.54) is 4.88 Å². The Morgan fingerprint density at radius 1 is 1.35 bits per heavy atom. The van der Waals surface area contributed by atoms with Crippen molar-refractivity contribution >= 4 is 23.2 Å². The Bertz CT molecular complexity index is 731. The van der Waals surface area contributed by atoms with Crippen molar-refractivity contribution in [1.82, 2.24) is 15.2 Å². The number of pyridine rings is 1. The number of hydrogen-bond acceptors (Lipinski definition) is 4. The summed E-state index contributed by atoms with van der Waals surface area (Å²) in [5.41, 5.74) is 0.846. The van der Waals surface area contributed by atoms with Crippen molar-refractivity contribution in [3.63, 3.8) is 0 Å². The molecule has 0 bridgehead atoms. The minimum absolute atomic E-state index is 0.0162. The molecule has 2 unspecified atom stereocenters. The summed E-state index contributed by atoms with van der Waals surface area (Å²) in [5.74, 6) is 0.183. The van der Waals surface area contributed by atoms with Gasteiger partial charge in [0.1, 0.15) is 0 Å². The van der Waals surface area contributed by atoms with Crippen LogP contribution in [0.1, 0.15) is 43.3 Å². The minimum Gasteiger partial charge on any atom is -0.348 e. The molecule has 0 radical (unpaired) electrons. The highest BCUT2D eigenvalue weighted by molar-refractivity contribution is 7.10. The number of carbonyl (C=O) groups excluding carboxylic acids is 2. The van der Waals surface area contributed by atoms with Gasteiger partial charge in [0.2, 0.25) is 11.8 Å². The molecule has 0 spiro atoms. The van der Waals surface area contributed by atoms with Crippen LogP contribution >= 0.6 is 11.3 Å². The lowest BCUT2D eigenvalue weighted by Gasteiger charge is -2.22. The van der Waals surface area contributed by atoms with Gasteiger partial charge in [0.25, 0.3) is 0 Å². The summed E-state index contributed by atoms with van der Waals surface area (Å²) in [6.45, 7) is 5.23. The summed E-state index contributed by atoms with van der Waals surface area (Å²) in [7, 11) is 0. The van der Waals surface area contributed by atoms with E-state index in [0.717, 1.165) is 12.1 Å². The number of thiophene rings is 1. The predicted molar refractivity (Wildman–Crippen MR) is 102 cm³/mol. The molecular weight excluding hydrogens is 346 g/mol. The molecule has 3 rings (SSSR count). The first kappa shape index (κ1) is 18.6. The van der Waals surface area contributed by atoms with Gasteiger partial charge in [-0.25, -0.2) is 0 Å². The van der Waals surface area contributed by atoms with Crippen LogP contribution < -0.4 is 5.32 Å². The second-order valence-corrected chi connectivity index (χ2v) is 8.18. The lowest BCUT2D eigenvalue weighted by atomic mass is 10.0. The van der Waals surface area contributed by atoms with Crippen LogP contribution in [0.5, 0.6) is 0 Å². The van der Waals surface area contributed by atoms with Gasteiger partial charge in [0.15, 0.2) is 0 Å². The molecule has 0 aliphatic carbocycles. The first-order valence-electron chi connectivity index (χ1n) is 9.04. The Balaban J connectivity index is 1.61. The van der Waals surface area contributed by atoms with Gasteiger partial charge in [-0.05, 0) is 35.9 Å². The molecule has 2 aromatic rings. The Hall–Kier alpha value is -2.21. The third-order valence-electron chi connectivity index (χ3n) is 4.57. The highest BCUT2D eigenvalue weighted by Gasteiger charge is 2.35. The number of nitrogens with one attached hydrogen (secondary N) is 1. The van der Waals surface area contributed by atoms with Gasteiger partial charge < -0.3 is 10.2 Å². The molecule has 5 nitrogen and oxygen atoms in total. The molecule has 6 heteroatoms. The summed E-state index contributed by atoms with van der Waals surface area (Å²) in [4.78, 5) is 32.2. The van der Waals surface area contributed by atoms with E-state index in [4.69, 9.17) is 0 Å². The summed E-state index contributed by atoms with van der Waals surface area (Å²) >= 11 is 1.66. The number of aromatic nitrogens is 1. The Labute approximate surface area is 158 Å². The van der Waals surface area contributed by atoms with Crippen molar-refractivity contribution in [3.05, 3.63) is 52.5 Å². The van der Waals surface area contributed by atoms with Crippen LogP contribution in [0, 0.1) is 11.8 Å². The van der Waals surface area contributed by atoms with E-state index in [-0.39, 0.29) is 30.2 Å². The maximum Gasteiger partial charge on any atom is 0.225 e. The number of nitrogens with zero attached hydrogens (tertiary/aromatic N) is 2. The second-order valence-electron chi connectivity index (χ2n) is 7.20. The summed E-state index contributed by atoms with van der Waals surface area (Å²) in [5, 5.41) is 5.20. The van der Waals surface area contributed by atoms with Gasteiger partial charge in [-0.2, -0.15) is 0 Å². The zero-order chi connectivity index (χ0) is 18.5. The topological polar surface area (TPSA) is 62.3 Å². The van der Waals surface area contributed by atoms with Crippen molar-refractivity contribution in [2.75, 3.05) is 6.54 Å². The minimum atomic E-state index is -0.291. The SMILES string of the molecule is CC(C)CC(NC(=O)C1CC(=O)N(Cc2ccccn2)C1)c1cccs1. The molecule has 2 amide bonds. The van der Waals surface area contributed by atoms with Crippen LogP contribution in [0.2, 0.25) is 0 Å². The average Bonchev–Trinajstić information content (AvgIpc) is 3.25. The Morgan fingerprint density at radius 3 is 2.85 bits per heavy atom. The van der Waals surface area contributed by atoms with Gasteiger partial charge >= 0.3 is 0 Å². The highest BCUT2D eigenvalue weighted by atomic mass is 32.1. The molecule has 2 atom stereocenters. The normalized spacial score (nSPS) is 18.3. The number of rotatable bonds is 7. The first-order chi connectivity index (χ1) is 12.5. The molecule has 0 aromatic carbocycles. The summed E-state index contributed by atoms with van der Waals surface area (Å²) in [6.07, 6.45) is 2.89. The Kier molecular flexibility index (Phi) is 6.04. The average molecular weight is 372 g/mol. The van der Waals surface area contributed by atoms with E-state index < -0.39 is 0 Å². The van der Waals surface area contributed by atoms with Crippen LogP contribution in [0.15, 0.2) is 41.9 Å². The molecule has 1 fully saturated rings. The standard InChI is InChI=1S/C20H25N3O2S/c1-14(2)10-17(18-7-5-9-26-18)22-20(25)15-11-19(24)23(12-15)13-16-6-3-4-8-21-16/h3-9,14-15,17H,10-13H2,1-2H3,(H,22,25). The number of hydrogen-bond donors (Lipinski definition) is 1. The van der Waals surface area contributed by atoms with Gasteiger partial charge in [-0.15, -0.1) is 11.3 Å². The molecule has 2 aromatic heterocycles. The third kappa shape index (κ3) is 4.69. The van der Waals surface area contributed by atoms with Crippen LogP contribution in [0.4, 0.5) is 0 Å². The van der Waals surface area contributed by atoms with Crippen LogP contribution in [-0.2, 0) is 16.1 Å². The first-order valence-corrected chi connectivity index (χ1v) is 9.92. The van der Waals surface area contributed by atoms with Crippen LogP contribution in [0.3, 0.4) is 0 Å². The van der Waals surface area contributed by atoms with Gasteiger partial charge in [0.05, 0.1) is 24.2 Å². The summed E-state index contributed by atoms with van der Waals surface area (Å²) in [6, 6.07) is 9.74. The maximum absolute atomic E-state index is 12.8. The molecule has 26 heavy (non-hydrogen) atoms. The van der Waals surface area contributed by atoms with Crippen LogP contribution in [0.25, 0.3) is 0 Å². The van der Waals surface area contributed by atoms with Gasteiger partial charge in [0, 0.05) is 24.0 Å². The molecular formula is C20H25N3O2S. The van der Waals surface area contributed by atoms with Crippen molar-refractivity contribution in [2.24, 2.45) is 11.8 Å². The highest BCUT2D eigenvalue weighted by Crippen LogP contribution is 2.27.